The molecule has 1 aromatic carbocycles. The van der Waals surface area contributed by atoms with E-state index in [1.165, 1.54) is 32.1 Å². The molecule has 0 saturated heterocycles. The minimum absolute atomic E-state index is 0.711. The van der Waals surface area contributed by atoms with Crippen LogP contribution in [0.15, 0.2) is 24.3 Å². The predicted molar refractivity (Wildman–Crippen MR) is 83.8 cm³/mol. The van der Waals surface area contributed by atoms with Gasteiger partial charge in [-0.3, -0.25) is 9.67 Å². The highest BCUT2D eigenvalue weighted by Gasteiger charge is 2.17. The fourth-order valence-electron chi connectivity index (χ4n) is 2.97. The van der Waals surface area contributed by atoms with Crippen LogP contribution in [0.5, 0.6) is 0 Å². The Morgan fingerprint density at radius 2 is 1.90 bits per heavy atom. The monoisotopic (exact) mass is 288 g/mol. The number of aromatic amines is 1. The summed E-state index contributed by atoms with van der Waals surface area (Å²) in [4.78, 5) is 0. The molecule has 4 nitrogen and oxygen atoms in total. The normalized spacial score (nSPS) is 16.4. The standard InChI is InChI=1S/C15H20N4S/c16-13-8-6-12(7-9-13)14-17-18-15(20)19(14)10-11-4-2-1-3-5-11/h6-9,11H,1-5,10,16H2,(H,18,20). The number of aromatic nitrogens is 3. The van der Waals surface area contributed by atoms with Crippen molar-refractivity contribution in [1.29, 1.82) is 0 Å². The molecule has 1 heterocycles. The number of nitrogens with zero attached hydrogens (tertiary/aromatic N) is 2. The molecule has 0 amide bonds. The van der Waals surface area contributed by atoms with Crippen molar-refractivity contribution < 1.29 is 0 Å². The van der Waals surface area contributed by atoms with E-state index in [1.807, 2.05) is 24.3 Å². The summed E-state index contributed by atoms with van der Waals surface area (Å²) in [5.74, 6) is 1.64. The first-order valence-electron chi connectivity index (χ1n) is 7.25. The second-order valence-corrected chi connectivity index (χ2v) is 5.98. The summed E-state index contributed by atoms with van der Waals surface area (Å²) in [6.45, 7) is 0.967. The maximum atomic E-state index is 5.74. The van der Waals surface area contributed by atoms with Crippen molar-refractivity contribution in [1.82, 2.24) is 14.8 Å². The van der Waals surface area contributed by atoms with Crippen molar-refractivity contribution in [3.05, 3.63) is 29.0 Å². The van der Waals surface area contributed by atoms with Crippen molar-refractivity contribution in [3.8, 4) is 11.4 Å². The smallest absolute Gasteiger partial charge is 0.195 e. The van der Waals surface area contributed by atoms with Crippen molar-refractivity contribution >= 4 is 17.9 Å². The zero-order valence-corrected chi connectivity index (χ0v) is 12.3. The van der Waals surface area contributed by atoms with Crippen LogP contribution in [0.2, 0.25) is 0 Å². The zero-order valence-electron chi connectivity index (χ0n) is 11.5. The van der Waals surface area contributed by atoms with Gasteiger partial charge in [0.1, 0.15) is 0 Å². The Labute approximate surface area is 124 Å². The molecule has 0 spiro atoms. The lowest BCUT2D eigenvalue weighted by atomic mass is 9.89. The summed E-state index contributed by atoms with van der Waals surface area (Å²) >= 11 is 5.39. The van der Waals surface area contributed by atoms with Crippen molar-refractivity contribution in [2.75, 3.05) is 5.73 Å². The lowest BCUT2D eigenvalue weighted by molar-refractivity contribution is 0.319. The molecule has 5 heteroatoms. The first-order valence-corrected chi connectivity index (χ1v) is 7.66. The van der Waals surface area contributed by atoms with Crippen LogP contribution in [0.25, 0.3) is 11.4 Å². The van der Waals surface area contributed by atoms with E-state index in [2.05, 4.69) is 14.8 Å². The molecule has 3 rings (SSSR count). The van der Waals surface area contributed by atoms with E-state index >= 15 is 0 Å². The summed E-state index contributed by atoms with van der Waals surface area (Å²) in [6, 6.07) is 7.80. The van der Waals surface area contributed by atoms with E-state index in [0.717, 1.165) is 29.5 Å². The van der Waals surface area contributed by atoms with E-state index in [9.17, 15) is 0 Å². The van der Waals surface area contributed by atoms with Crippen molar-refractivity contribution in [2.45, 2.75) is 38.6 Å². The van der Waals surface area contributed by atoms with E-state index < -0.39 is 0 Å². The van der Waals surface area contributed by atoms with Gasteiger partial charge in [0.2, 0.25) is 0 Å². The average molecular weight is 288 g/mol. The van der Waals surface area contributed by atoms with Gasteiger partial charge in [0.15, 0.2) is 10.6 Å². The Bertz CT molecular complexity index is 620. The minimum Gasteiger partial charge on any atom is -0.399 e. The van der Waals surface area contributed by atoms with Gasteiger partial charge in [-0.25, -0.2) is 0 Å². The Kier molecular flexibility index (Phi) is 3.87. The predicted octanol–water partition coefficient (Wildman–Crippen LogP) is 3.77. The molecule has 1 aromatic heterocycles. The molecule has 0 bridgehead atoms. The Hall–Kier alpha value is -1.62. The van der Waals surface area contributed by atoms with Gasteiger partial charge in [-0.2, -0.15) is 5.10 Å². The third-order valence-corrected chi connectivity index (χ3v) is 4.40. The number of H-pyrrole nitrogens is 1. The molecule has 1 fully saturated rings. The first-order chi connectivity index (χ1) is 9.74. The highest BCUT2D eigenvalue weighted by Crippen LogP contribution is 2.27. The molecule has 3 N–H and O–H groups in total. The maximum Gasteiger partial charge on any atom is 0.195 e. The summed E-state index contributed by atoms with van der Waals surface area (Å²) in [5, 5.41) is 7.31. The largest absolute Gasteiger partial charge is 0.399 e. The van der Waals surface area contributed by atoms with Crippen LogP contribution in [-0.2, 0) is 6.54 Å². The van der Waals surface area contributed by atoms with Gasteiger partial charge in [-0.15, -0.1) is 0 Å². The topological polar surface area (TPSA) is 59.6 Å². The summed E-state index contributed by atoms with van der Waals surface area (Å²) in [6.07, 6.45) is 6.65. The van der Waals surface area contributed by atoms with Crippen LogP contribution < -0.4 is 5.73 Å². The number of benzene rings is 1. The second-order valence-electron chi connectivity index (χ2n) is 5.59. The minimum atomic E-state index is 0.711. The Balaban J connectivity index is 1.88. The average Bonchev–Trinajstić information content (AvgIpc) is 2.83. The van der Waals surface area contributed by atoms with Crippen LogP contribution in [-0.4, -0.2) is 14.8 Å². The number of anilines is 1. The molecular formula is C15H20N4S. The molecule has 106 valence electrons. The highest BCUT2D eigenvalue weighted by molar-refractivity contribution is 7.71. The molecule has 1 saturated carbocycles. The fraction of sp³-hybridized carbons (Fsp3) is 0.467. The van der Waals surface area contributed by atoms with Crippen LogP contribution in [0.1, 0.15) is 32.1 Å². The molecule has 0 aliphatic heterocycles. The third kappa shape index (κ3) is 2.77. The zero-order chi connectivity index (χ0) is 13.9. The van der Waals surface area contributed by atoms with Crippen molar-refractivity contribution in [3.63, 3.8) is 0 Å². The van der Waals surface area contributed by atoms with Gasteiger partial charge in [-0.05, 0) is 55.2 Å². The van der Waals surface area contributed by atoms with Crippen LogP contribution in [0.4, 0.5) is 5.69 Å². The Morgan fingerprint density at radius 3 is 2.60 bits per heavy atom. The van der Waals surface area contributed by atoms with Gasteiger partial charge in [-0.1, -0.05) is 19.3 Å². The van der Waals surface area contributed by atoms with Gasteiger partial charge in [0, 0.05) is 17.8 Å². The Morgan fingerprint density at radius 1 is 1.20 bits per heavy atom. The van der Waals surface area contributed by atoms with Crippen LogP contribution >= 0.6 is 12.2 Å². The molecule has 0 radical (unpaired) electrons. The lowest BCUT2D eigenvalue weighted by Crippen LogP contribution is -2.15. The van der Waals surface area contributed by atoms with Crippen LogP contribution in [0, 0.1) is 10.7 Å². The molecule has 20 heavy (non-hydrogen) atoms. The number of nitrogens with two attached hydrogens (primary N) is 1. The fourth-order valence-corrected chi connectivity index (χ4v) is 3.17. The number of nitrogens with one attached hydrogen (secondary N) is 1. The van der Waals surface area contributed by atoms with Gasteiger partial charge in [0.25, 0.3) is 0 Å². The molecular weight excluding hydrogens is 268 g/mol. The SMILES string of the molecule is Nc1ccc(-c2n[nH]c(=S)n2CC2CCCCC2)cc1. The van der Waals surface area contributed by atoms with Crippen molar-refractivity contribution in [2.24, 2.45) is 5.92 Å². The number of nitrogen functional groups attached to an aromatic ring is 1. The van der Waals surface area contributed by atoms with Gasteiger partial charge < -0.3 is 5.73 Å². The highest BCUT2D eigenvalue weighted by atomic mass is 32.1. The van der Waals surface area contributed by atoms with E-state index in [0.29, 0.717) is 4.77 Å². The second kappa shape index (κ2) is 5.79. The molecule has 1 aliphatic rings. The summed E-state index contributed by atoms with van der Waals surface area (Å²) in [5.41, 5.74) is 7.57. The number of rotatable bonds is 3. The van der Waals surface area contributed by atoms with E-state index in [1.54, 1.807) is 0 Å². The molecule has 0 unspecified atom stereocenters. The van der Waals surface area contributed by atoms with E-state index in [4.69, 9.17) is 18.0 Å². The van der Waals surface area contributed by atoms with Gasteiger partial charge >= 0.3 is 0 Å². The van der Waals surface area contributed by atoms with E-state index in [-0.39, 0.29) is 0 Å². The summed E-state index contributed by atoms with van der Waals surface area (Å²) in [7, 11) is 0. The number of hydrogen-bond acceptors (Lipinski definition) is 3. The first kappa shape index (κ1) is 13.4. The maximum absolute atomic E-state index is 5.74. The lowest BCUT2D eigenvalue weighted by Gasteiger charge is -2.22. The summed E-state index contributed by atoms with van der Waals surface area (Å²) < 4.78 is 2.85. The van der Waals surface area contributed by atoms with Crippen LogP contribution in [0.3, 0.4) is 0 Å². The van der Waals surface area contributed by atoms with Gasteiger partial charge in [0.05, 0.1) is 0 Å². The quantitative estimate of drug-likeness (QED) is 0.667. The number of hydrogen-bond donors (Lipinski definition) is 2. The third-order valence-electron chi connectivity index (χ3n) is 4.09. The molecule has 0 atom stereocenters. The molecule has 2 aromatic rings. The molecule has 1 aliphatic carbocycles.